The molecule has 0 radical (unpaired) electrons. The molecule has 3 rings (SSSR count). The van der Waals surface area contributed by atoms with E-state index in [2.05, 4.69) is 0 Å². The molecule has 0 spiro atoms. The van der Waals surface area contributed by atoms with Crippen molar-refractivity contribution in [2.45, 2.75) is 39.3 Å². The number of aromatic nitrogens is 2. The third kappa shape index (κ3) is 3.66. The zero-order chi connectivity index (χ0) is 19.7. The van der Waals surface area contributed by atoms with Crippen molar-refractivity contribution in [3.05, 3.63) is 50.1 Å². The molecular weight excluding hydrogens is 380 g/mol. The molecule has 0 saturated heterocycles. The first-order valence-corrected chi connectivity index (χ1v) is 10.4. The second-order valence-corrected chi connectivity index (χ2v) is 8.66. The van der Waals surface area contributed by atoms with Crippen LogP contribution in [0.15, 0.2) is 28.2 Å². The van der Waals surface area contributed by atoms with Gasteiger partial charge in [0.1, 0.15) is 4.83 Å². The predicted molar refractivity (Wildman–Crippen MR) is 112 cm³/mol. The maximum Gasteiger partial charge on any atom is 0.306 e. The Kier molecular flexibility index (Phi) is 5.72. The van der Waals surface area contributed by atoms with Gasteiger partial charge in [0.05, 0.1) is 24.6 Å². The summed E-state index contributed by atoms with van der Waals surface area (Å²) in [5.74, 6) is 0.228. The summed E-state index contributed by atoms with van der Waals surface area (Å²) in [4.78, 5) is 31.5. The fourth-order valence-corrected chi connectivity index (χ4v) is 4.89. The van der Waals surface area contributed by atoms with Crippen molar-refractivity contribution in [2.75, 3.05) is 12.9 Å². The van der Waals surface area contributed by atoms with Gasteiger partial charge in [0.25, 0.3) is 5.56 Å². The van der Waals surface area contributed by atoms with Crippen LogP contribution in [0.4, 0.5) is 0 Å². The van der Waals surface area contributed by atoms with Crippen LogP contribution in [0.3, 0.4) is 0 Å². The van der Waals surface area contributed by atoms with E-state index in [0.717, 1.165) is 32.1 Å². The Labute approximate surface area is 166 Å². The molecule has 0 aliphatic heterocycles. The summed E-state index contributed by atoms with van der Waals surface area (Å²) >= 11 is 2.94. The molecule has 0 aliphatic carbocycles. The Bertz CT molecular complexity index is 1080. The first-order valence-electron chi connectivity index (χ1n) is 8.64. The summed E-state index contributed by atoms with van der Waals surface area (Å²) < 4.78 is 6.40. The van der Waals surface area contributed by atoms with E-state index < -0.39 is 0 Å². The van der Waals surface area contributed by atoms with Crippen molar-refractivity contribution in [3.8, 4) is 5.69 Å². The number of carbonyl (C=O) groups excluding carboxylic acids is 1. The Balaban J connectivity index is 2.21. The van der Waals surface area contributed by atoms with Gasteiger partial charge >= 0.3 is 5.97 Å². The van der Waals surface area contributed by atoms with E-state index in [1.807, 2.05) is 45.9 Å². The summed E-state index contributed by atoms with van der Waals surface area (Å²) in [6.45, 7) is 8.01. The SMILES string of the molecule is COC(=O)CCSc1nc2sc(C)c(C)c2c(=O)n1-c1cccc(C)c1C. The molecule has 0 N–H and O–H groups in total. The number of ether oxygens (including phenoxy) is 1. The van der Waals surface area contributed by atoms with Crippen LogP contribution in [0.2, 0.25) is 0 Å². The van der Waals surface area contributed by atoms with Crippen LogP contribution in [0.5, 0.6) is 0 Å². The zero-order valence-corrected chi connectivity index (χ0v) is 17.7. The second kappa shape index (κ2) is 7.86. The lowest BCUT2D eigenvalue weighted by molar-refractivity contribution is -0.140. The van der Waals surface area contributed by atoms with E-state index in [1.54, 1.807) is 4.57 Å². The van der Waals surface area contributed by atoms with Crippen LogP contribution < -0.4 is 5.56 Å². The van der Waals surface area contributed by atoms with Gasteiger partial charge in [-0.1, -0.05) is 23.9 Å². The number of aryl methyl sites for hydroxylation is 3. The van der Waals surface area contributed by atoms with Gasteiger partial charge in [0, 0.05) is 10.6 Å². The quantitative estimate of drug-likeness (QED) is 0.361. The van der Waals surface area contributed by atoms with Crippen LogP contribution >= 0.6 is 23.1 Å². The molecule has 1 aromatic carbocycles. The van der Waals surface area contributed by atoms with Crippen molar-refractivity contribution in [3.63, 3.8) is 0 Å². The van der Waals surface area contributed by atoms with E-state index in [0.29, 0.717) is 16.3 Å². The Hall–Kier alpha value is -2.12. The number of fused-ring (bicyclic) bond motifs is 1. The summed E-state index contributed by atoms with van der Waals surface area (Å²) in [5, 5.41) is 1.28. The van der Waals surface area contributed by atoms with E-state index >= 15 is 0 Å². The molecule has 0 fully saturated rings. The zero-order valence-electron chi connectivity index (χ0n) is 16.1. The van der Waals surface area contributed by atoms with Crippen molar-refractivity contribution in [1.29, 1.82) is 0 Å². The van der Waals surface area contributed by atoms with Crippen molar-refractivity contribution in [1.82, 2.24) is 9.55 Å². The standard InChI is InChI=1S/C20H22N2O3S2/c1-11-7-6-8-15(12(11)2)22-19(24)17-13(3)14(4)27-18(17)21-20(22)26-10-9-16(23)25-5/h6-8H,9-10H2,1-5H3. The lowest BCUT2D eigenvalue weighted by Crippen LogP contribution is -2.22. The maximum atomic E-state index is 13.4. The van der Waals surface area contributed by atoms with Crippen LogP contribution in [0, 0.1) is 27.7 Å². The van der Waals surface area contributed by atoms with Crippen molar-refractivity contribution < 1.29 is 9.53 Å². The van der Waals surface area contributed by atoms with Gasteiger partial charge in [0.2, 0.25) is 0 Å². The van der Waals surface area contributed by atoms with Crippen molar-refractivity contribution in [2.24, 2.45) is 0 Å². The average molecular weight is 403 g/mol. The van der Waals surface area contributed by atoms with Gasteiger partial charge in [0.15, 0.2) is 5.16 Å². The molecule has 0 bridgehead atoms. The van der Waals surface area contributed by atoms with Gasteiger partial charge in [-0.25, -0.2) is 4.98 Å². The number of carbonyl (C=O) groups is 1. The number of rotatable bonds is 5. The first-order chi connectivity index (χ1) is 12.8. The molecule has 0 unspecified atom stereocenters. The maximum absolute atomic E-state index is 13.4. The van der Waals surface area contributed by atoms with Crippen LogP contribution in [0.1, 0.15) is 28.0 Å². The molecule has 2 heterocycles. The number of benzene rings is 1. The van der Waals surface area contributed by atoms with Gasteiger partial charge in [-0.2, -0.15) is 0 Å². The number of methoxy groups -OCH3 is 1. The Morgan fingerprint density at radius 3 is 2.67 bits per heavy atom. The van der Waals surface area contributed by atoms with Crippen LogP contribution in [0.25, 0.3) is 15.9 Å². The van der Waals surface area contributed by atoms with Gasteiger partial charge in [-0.15, -0.1) is 11.3 Å². The van der Waals surface area contributed by atoms with Gasteiger partial charge in [-0.05, 0) is 50.5 Å². The van der Waals surface area contributed by atoms with Crippen molar-refractivity contribution >= 4 is 39.3 Å². The fourth-order valence-electron chi connectivity index (χ4n) is 2.89. The summed E-state index contributed by atoms with van der Waals surface area (Å²) in [5.41, 5.74) is 3.91. The monoisotopic (exact) mass is 402 g/mol. The molecule has 2 aromatic heterocycles. The highest BCUT2D eigenvalue weighted by molar-refractivity contribution is 7.99. The number of esters is 1. The molecular formula is C20H22N2O3S2. The van der Waals surface area contributed by atoms with E-state index in [4.69, 9.17) is 9.72 Å². The third-order valence-electron chi connectivity index (χ3n) is 4.75. The minimum Gasteiger partial charge on any atom is -0.469 e. The van der Waals surface area contributed by atoms with E-state index in [9.17, 15) is 9.59 Å². The molecule has 0 saturated carbocycles. The minimum atomic E-state index is -0.271. The Morgan fingerprint density at radius 1 is 1.22 bits per heavy atom. The van der Waals surface area contributed by atoms with E-state index in [-0.39, 0.29) is 17.9 Å². The second-order valence-electron chi connectivity index (χ2n) is 6.39. The summed E-state index contributed by atoms with van der Waals surface area (Å²) in [6.07, 6.45) is 0.268. The molecule has 142 valence electrons. The fraction of sp³-hybridized carbons (Fsp3) is 0.350. The summed E-state index contributed by atoms with van der Waals surface area (Å²) in [7, 11) is 1.38. The molecule has 3 aromatic rings. The molecule has 0 aliphatic rings. The normalized spacial score (nSPS) is 11.1. The highest BCUT2D eigenvalue weighted by Gasteiger charge is 2.19. The number of thiophene rings is 1. The smallest absolute Gasteiger partial charge is 0.306 e. The topological polar surface area (TPSA) is 61.2 Å². The number of hydrogen-bond acceptors (Lipinski definition) is 6. The number of nitrogens with zero attached hydrogens (tertiary/aromatic N) is 2. The Morgan fingerprint density at radius 2 is 1.96 bits per heavy atom. The average Bonchev–Trinajstić information content (AvgIpc) is 2.92. The molecule has 27 heavy (non-hydrogen) atoms. The van der Waals surface area contributed by atoms with Gasteiger partial charge in [-0.3, -0.25) is 14.2 Å². The van der Waals surface area contributed by atoms with Crippen LogP contribution in [-0.2, 0) is 9.53 Å². The summed E-state index contributed by atoms with van der Waals surface area (Å²) in [6, 6.07) is 5.92. The number of thioether (sulfide) groups is 1. The third-order valence-corrected chi connectivity index (χ3v) is 6.80. The first kappa shape index (κ1) is 19.6. The lowest BCUT2D eigenvalue weighted by atomic mass is 10.1. The number of hydrogen-bond donors (Lipinski definition) is 0. The molecule has 0 amide bonds. The highest BCUT2D eigenvalue weighted by atomic mass is 32.2. The molecule has 5 nitrogen and oxygen atoms in total. The minimum absolute atomic E-state index is 0.0591. The molecule has 0 atom stereocenters. The van der Waals surface area contributed by atoms with Crippen LogP contribution in [-0.4, -0.2) is 28.4 Å². The molecule has 7 heteroatoms. The van der Waals surface area contributed by atoms with Gasteiger partial charge < -0.3 is 4.74 Å². The highest BCUT2D eigenvalue weighted by Crippen LogP contribution is 2.30. The predicted octanol–water partition coefficient (Wildman–Crippen LogP) is 4.34. The largest absolute Gasteiger partial charge is 0.469 e. The lowest BCUT2D eigenvalue weighted by Gasteiger charge is -2.15. The van der Waals surface area contributed by atoms with E-state index in [1.165, 1.54) is 30.2 Å².